The molecule has 26 heavy (non-hydrogen) atoms. The molecule has 1 aromatic carbocycles. The van der Waals surface area contributed by atoms with Crippen LogP contribution < -0.4 is 15.4 Å². The highest BCUT2D eigenvalue weighted by molar-refractivity contribution is 5.85. The second-order valence-electron chi connectivity index (χ2n) is 6.15. The molecule has 1 amide bonds. The number of hydrogen-bond donors (Lipinski definition) is 3. The second kappa shape index (κ2) is 8.70. The molecule has 1 aliphatic rings. The molecule has 146 valence electrons. The van der Waals surface area contributed by atoms with Crippen LogP contribution in [0.5, 0.6) is 5.75 Å². The van der Waals surface area contributed by atoms with Crippen molar-refractivity contribution in [2.45, 2.75) is 30.7 Å². The molecule has 3 N–H and O–H groups in total. The topological polar surface area (TPSA) is 79.8 Å². The van der Waals surface area contributed by atoms with E-state index in [1.54, 1.807) is 0 Å². The Labute approximate surface area is 149 Å². The maximum atomic E-state index is 12.5. The van der Waals surface area contributed by atoms with E-state index < -0.39 is 23.4 Å². The van der Waals surface area contributed by atoms with Gasteiger partial charge in [0.2, 0.25) is 0 Å². The molecule has 1 unspecified atom stereocenters. The summed E-state index contributed by atoms with van der Waals surface area (Å²) in [5, 5.41) is 15.7. The maximum Gasteiger partial charge on any atom is 0.416 e. The number of benzene rings is 1. The first-order valence-electron chi connectivity index (χ1n) is 8.29. The van der Waals surface area contributed by atoms with Gasteiger partial charge in [0.15, 0.2) is 0 Å². The Bertz CT molecular complexity index is 587. The first kappa shape index (κ1) is 20.5. The molecule has 1 atom stereocenters. The zero-order valence-electron chi connectivity index (χ0n) is 14.4. The Morgan fingerprint density at radius 3 is 2.46 bits per heavy atom. The van der Waals surface area contributed by atoms with E-state index in [1.165, 1.54) is 19.2 Å². The third kappa shape index (κ3) is 5.33. The molecule has 9 heteroatoms. The highest BCUT2D eigenvalue weighted by Crippen LogP contribution is 2.30. The summed E-state index contributed by atoms with van der Waals surface area (Å²) in [5.41, 5.74) is -1.68. The van der Waals surface area contributed by atoms with Crippen LogP contribution in [0.2, 0.25) is 0 Å². The number of aliphatic hydroxyl groups is 1. The largest absolute Gasteiger partial charge is 0.491 e. The molecule has 1 aromatic rings. The van der Waals surface area contributed by atoms with Gasteiger partial charge >= 0.3 is 6.18 Å². The lowest BCUT2D eigenvalue weighted by Gasteiger charge is -2.35. The molecule has 0 bridgehead atoms. The summed E-state index contributed by atoms with van der Waals surface area (Å²) in [6, 6.07) is 4.18. The Morgan fingerprint density at radius 1 is 1.31 bits per heavy atom. The summed E-state index contributed by atoms with van der Waals surface area (Å²) in [4.78, 5) is 12.3. The van der Waals surface area contributed by atoms with Gasteiger partial charge in [-0.25, -0.2) is 0 Å². The predicted octanol–water partition coefficient (Wildman–Crippen LogP) is 1.33. The van der Waals surface area contributed by atoms with Gasteiger partial charge in [0.25, 0.3) is 5.91 Å². The minimum Gasteiger partial charge on any atom is -0.491 e. The van der Waals surface area contributed by atoms with E-state index in [0.717, 1.165) is 12.1 Å². The van der Waals surface area contributed by atoms with Gasteiger partial charge in [-0.15, -0.1) is 0 Å². The molecule has 1 aliphatic heterocycles. The van der Waals surface area contributed by atoms with E-state index in [-0.39, 0.29) is 24.8 Å². The monoisotopic (exact) mass is 376 g/mol. The molecule has 0 radical (unpaired) electrons. The molecule has 2 rings (SSSR count). The lowest BCUT2D eigenvalue weighted by Crippen LogP contribution is -2.55. The number of carbonyl (C=O) groups excluding carboxylic acids is 1. The average molecular weight is 376 g/mol. The molecular formula is C17H23F3N2O4. The molecular weight excluding hydrogens is 353 g/mol. The Morgan fingerprint density at radius 2 is 1.92 bits per heavy atom. The summed E-state index contributed by atoms with van der Waals surface area (Å²) in [5.74, 6) is -0.0924. The number of alkyl halides is 3. The minimum absolute atomic E-state index is 0.0436. The van der Waals surface area contributed by atoms with Gasteiger partial charge in [-0.1, -0.05) is 0 Å². The van der Waals surface area contributed by atoms with Crippen LogP contribution in [0.1, 0.15) is 18.4 Å². The highest BCUT2D eigenvalue weighted by atomic mass is 19.4. The molecule has 1 heterocycles. The van der Waals surface area contributed by atoms with Gasteiger partial charge in [0, 0.05) is 13.7 Å². The predicted molar refractivity (Wildman–Crippen MR) is 87.8 cm³/mol. The van der Waals surface area contributed by atoms with E-state index in [0.29, 0.717) is 25.9 Å². The molecule has 1 fully saturated rings. The number of hydrogen-bond acceptors (Lipinski definition) is 5. The van der Waals surface area contributed by atoms with Crippen molar-refractivity contribution < 1.29 is 32.5 Å². The van der Waals surface area contributed by atoms with Crippen molar-refractivity contribution in [1.82, 2.24) is 10.6 Å². The van der Waals surface area contributed by atoms with Crippen LogP contribution in [0.15, 0.2) is 24.3 Å². The average Bonchev–Trinajstić information content (AvgIpc) is 2.64. The first-order valence-corrected chi connectivity index (χ1v) is 8.29. The van der Waals surface area contributed by atoms with Gasteiger partial charge in [-0.2, -0.15) is 13.2 Å². The Balaban J connectivity index is 1.78. The van der Waals surface area contributed by atoms with E-state index in [1.807, 2.05) is 0 Å². The van der Waals surface area contributed by atoms with Crippen molar-refractivity contribution in [3.05, 3.63) is 29.8 Å². The standard InChI is InChI=1S/C17H23F3N2O4/c1-25-16(6-8-21-9-7-16)15(24)22-10-13(23)11-26-14-4-2-12(3-5-14)17(18,19)20/h2-5,13,21,23H,6-11H2,1H3,(H,22,24). The highest BCUT2D eigenvalue weighted by Gasteiger charge is 2.39. The zero-order valence-corrected chi connectivity index (χ0v) is 14.4. The number of amides is 1. The van der Waals surface area contributed by atoms with Crippen LogP contribution in [0.3, 0.4) is 0 Å². The fourth-order valence-corrected chi connectivity index (χ4v) is 2.72. The van der Waals surface area contributed by atoms with Crippen molar-refractivity contribution in [3.8, 4) is 5.75 Å². The smallest absolute Gasteiger partial charge is 0.416 e. The number of rotatable bonds is 7. The van der Waals surface area contributed by atoms with E-state index in [2.05, 4.69) is 10.6 Å². The van der Waals surface area contributed by atoms with Crippen molar-refractivity contribution >= 4 is 5.91 Å². The minimum atomic E-state index is -4.41. The summed E-state index contributed by atoms with van der Waals surface area (Å²) < 4.78 is 48.1. The van der Waals surface area contributed by atoms with E-state index in [4.69, 9.17) is 9.47 Å². The van der Waals surface area contributed by atoms with Crippen LogP contribution >= 0.6 is 0 Å². The molecule has 0 aromatic heterocycles. The van der Waals surface area contributed by atoms with Gasteiger partial charge in [-0.05, 0) is 50.2 Å². The number of piperidine rings is 1. The number of halogens is 3. The number of methoxy groups -OCH3 is 1. The van der Waals surface area contributed by atoms with Crippen LogP contribution in [-0.4, -0.2) is 56.1 Å². The van der Waals surface area contributed by atoms with Crippen LogP contribution in [0, 0.1) is 0 Å². The second-order valence-corrected chi connectivity index (χ2v) is 6.15. The number of aliphatic hydroxyl groups excluding tert-OH is 1. The summed E-state index contributed by atoms with van der Waals surface area (Å²) >= 11 is 0. The van der Waals surface area contributed by atoms with E-state index >= 15 is 0 Å². The fraction of sp³-hybridized carbons (Fsp3) is 0.588. The van der Waals surface area contributed by atoms with Crippen molar-refractivity contribution in [1.29, 1.82) is 0 Å². The van der Waals surface area contributed by atoms with Gasteiger partial charge in [0.1, 0.15) is 24.1 Å². The summed E-state index contributed by atoms with van der Waals surface area (Å²) in [6.45, 7) is 1.13. The first-order chi connectivity index (χ1) is 12.3. The van der Waals surface area contributed by atoms with E-state index in [9.17, 15) is 23.1 Å². The Kier molecular flexibility index (Phi) is 6.85. The lowest BCUT2D eigenvalue weighted by atomic mass is 9.91. The van der Waals surface area contributed by atoms with Crippen molar-refractivity contribution in [2.75, 3.05) is 33.4 Å². The fourth-order valence-electron chi connectivity index (χ4n) is 2.72. The molecule has 0 saturated carbocycles. The Hall–Kier alpha value is -1.84. The zero-order chi connectivity index (χ0) is 19.2. The molecule has 1 saturated heterocycles. The van der Waals surface area contributed by atoms with Gasteiger partial charge in [-0.3, -0.25) is 4.79 Å². The quantitative estimate of drug-likeness (QED) is 0.669. The lowest BCUT2D eigenvalue weighted by molar-refractivity contribution is -0.147. The number of nitrogens with one attached hydrogen (secondary N) is 2. The summed E-state index contributed by atoms with van der Waals surface area (Å²) in [7, 11) is 1.48. The molecule has 0 spiro atoms. The maximum absolute atomic E-state index is 12.5. The van der Waals surface area contributed by atoms with Crippen LogP contribution in [-0.2, 0) is 15.7 Å². The third-order valence-electron chi connectivity index (χ3n) is 4.34. The van der Waals surface area contributed by atoms with Crippen LogP contribution in [0.4, 0.5) is 13.2 Å². The third-order valence-corrected chi connectivity index (χ3v) is 4.34. The number of ether oxygens (including phenoxy) is 2. The van der Waals surface area contributed by atoms with Crippen molar-refractivity contribution in [2.24, 2.45) is 0 Å². The normalized spacial score (nSPS) is 18.2. The molecule has 6 nitrogen and oxygen atoms in total. The summed E-state index contributed by atoms with van der Waals surface area (Å²) in [6.07, 6.45) is -4.34. The SMILES string of the molecule is COC1(C(=O)NCC(O)COc2ccc(C(F)(F)F)cc2)CCNCC1. The van der Waals surface area contributed by atoms with Gasteiger partial charge < -0.3 is 25.2 Å². The van der Waals surface area contributed by atoms with Crippen molar-refractivity contribution in [3.63, 3.8) is 0 Å². The van der Waals surface area contributed by atoms with Gasteiger partial charge in [0.05, 0.1) is 5.56 Å². The van der Waals surface area contributed by atoms with Crippen LogP contribution in [0.25, 0.3) is 0 Å². The molecule has 0 aliphatic carbocycles. The number of carbonyl (C=O) groups is 1.